The summed E-state index contributed by atoms with van der Waals surface area (Å²) in [4.78, 5) is 41.9. The number of nitrogens with one attached hydrogen (secondary N) is 1. The van der Waals surface area contributed by atoms with E-state index in [1.165, 1.54) is 12.1 Å². The van der Waals surface area contributed by atoms with Crippen LogP contribution in [0.4, 0.5) is 5.69 Å². The first kappa shape index (κ1) is 24.6. The van der Waals surface area contributed by atoms with Crippen molar-refractivity contribution in [1.29, 1.82) is 0 Å². The molecular weight excluding hydrogens is 470 g/mol. The average molecular weight is 500 g/mol. The highest BCUT2D eigenvalue weighted by molar-refractivity contribution is 6.07. The summed E-state index contributed by atoms with van der Waals surface area (Å²) in [7, 11) is 0. The number of fused-ring (bicyclic) bond motifs is 2. The third kappa shape index (κ3) is 5.23. The molecule has 8 nitrogen and oxygen atoms in total. The number of aromatic nitrogens is 1. The molecule has 1 amide bonds. The van der Waals surface area contributed by atoms with Crippen LogP contribution < -0.4 is 5.32 Å². The molecule has 0 radical (unpaired) electrons. The first-order valence-corrected chi connectivity index (χ1v) is 12.8. The number of allylic oxidation sites excluding steroid dienone is 1. The maximum Gasteiger partial charge on any atom is 0.339 e. The second kappa shape index (κ2) is 10.5. The Bertz CT molecular complexity index is 1410. The Hall–Kier alpha value is -4.07. The summed E-state index contributed by atoms with van der Waals surface area (Å²) in [6.07, 6.45) is 7.26. The Balaban J connectivity index is 1.51. The van der Waals surface area contributed by atoms with Crippen LogP contribution >= 0.6 is 0 Å². The van der Waals surface area contributed by atoms with E-state index in [1.54, 1.807) is 13.0 Å². The lowest BCUT2D eigenvalue weighted by molar-refractivity contribution is -0.384. The number of ether oxygens (including phenoxy) is 1. The van der Waals surface area contributed by atoms with E-state index >= 15 is 0 Å². The van der Waals surface area contributed by atoms with Crippen LogP contribution in [0.5, 0.6) is 0 Å². The highest BCUT2D eigenvalue weighted by Gasteiger charge is 2.29. The smallest absolute Gasteiger partial charge is 0.339 e. The highest BCUT2D eigenvalue weighted by atomic mass is 16.6. The molecule has 2 aliphatic carbocycles. The largest absolute Gasteiger partial charge is 0.449 e. The summed E-state index contributed by atoms with van der Waals surface area (Å²) in [5.41, 5.74) is 4.21. The van der Waals surface area contributed by atoms with Gasteiger partial charge < -0.3 is 10.1 Å². The minimum atomic E-state index is -0.917. The number of carbonyl (C=O) groups is 2. The van der Waals surface area contributed by atoms with E-state index in [4.69, 9.17) is 9.72 Å². The molecule has 190 valence electrons. The number of non-ortho nitro benzene ring substituents is 1. The van der Waals surface area contributed by atoms with Crippen LogP contribution in [-0.2, 0) is 16.0 Å². The number of esters is 1. The molecule has 1 atom stereocenters. The van der Waals surface area contributed by atoms with Crippen molar-refractivity contribution in [3.05, 3.63) is 81.0 Å². The van der Waals surface area contributed by atoms with Gasteiger partial charge in [-0.1, -0.05) is 43.2 Å². The van der Waals surface area contributed by atoms with Gasteiger partial charge in [0.2, 0.25) is 0 Å². The first-order chi connectivity index (χ1) is 17.9. The predicted octanol–water partition coefficient (Wildman–Crippen LogP) is 5.62. The molecule has 0 aliphatic heterocycles. The Morgan fingerprint density at radius 3 is 2.68 bits per heavy atom. The minimum absolute atomic E-state index is 0.0194. The van der Waals surface area contributed by atoms with Crippen LogP contribution in [0.3, 0.4) is 0 Å². The summed E-state index contributed by atoms with van der Waals surface area (Å²) in [5.74, 6) is -0.820. The average Bonchev–Trinajstić information content (AvgIpc) is 3.40. The van der Waals surface area contributed by atoms with Gasteiger partial charge in [0.25, 0.3) is 11.6 Å². The number of hydrogen-bond acceptors (Lipinski definition) is 6. The zero-order valence-corrected chi connectivity index (χ0v) is 20.7. The van der Waals surface area contributed by atoms with E-state index in [-0.39, 0.29) is 17.6 Å². The van der Waals surface area contributed by atoms with Gasteiger partial charge in [0.05, 0.1) is 21.7 Å². The van der Waals surface area contributed by atoms with Crippen molar-refractivity contribution in [3.63, 3.8) is 0 Å². The number of rotatable bonds is 6. The lowest BCUT2D eigenvalue weighted by Crippen LogP contribution is -2.41. The molecule has 2 aliphatic rings. The Morgan fingerprint density at radius 2 is 1.89 bits per heavy atom. The van der Waals surface area contributed by atoms with Crippen LogP contribution in [0.15, 0.2) is 48.5 Å². The van der Waals surface area contributed by atoms with Gasteiger partial charge in [-0.05, 0) is 67.9 Å². The van der Waals surface area contributed by atoms with Crippen LogP contribution in [-0.4, -0.2) is 33.9 Å². The fourth-order valence-corrected chi connectivity index (χ4v) is 5.30. The summed E-state index contributed by atoms with van der Waals surface area (Å²) >= 11 is 0. The predicted molar refractivity (Wildman–Crippen MR) is 141 cm³/mol. The van der Waals surface area contributed by atoms with Gasteiger partial charge in [0.1, 0.15) is 0 Å². The van der Waals surface area contributed by atoms with Crippen LogP contribution in [0.1, 0.15) is 72.6 Å². The molecule has 3 aromatic rings. The quantitative estimate of drug-likeness (QED) is 0.268. The normalized spacial score (nSPS) is 17.4. The molecule has 0 saturated heterocycles. The molecule has 1 saturated carbocycles. The van der Waals surface area contributed by atoms with Crippen molar-refractivity contribution in [2.75, 3.05) is 0 Å². The molecule has 0 spiro atoms. The summed E-state index contributed by atoms with van der Waals surface area (Å²) in [6, 6.07) is 14.0. The number of amides is 1. The van der Waals surface area contributed by atoms with E-state index in [9.17, 15) is 19.7 Å². The monoisotopic (exact) mass is 499 g/mol. The standard InChI is InChI=1S/C29H29N3O5/c1-18(28(33)30-21-10-2-3-11-21)37-29(34)26-23-13-4-5-15-25(23)31-27-20(9-7-14-24(26)27)16-19-8-6-12-22(17-19)32(35)36/h4-6,8,12-13,15-18,21H,2-3,7,9-11,14H2,1H3,(H,30,33). The fraction of sp³-hybridized carbons (Fsp3) is 0.345. The molecule has 1 unspecified atom stereocenters. The number of carbonyl (C=O) groups excluding carboxylic acids is 2. The van der Waals surface area contributed by atoms with Crippen molar-refractivity contribution in [3.8, 4) is 0 Å². The number of nitro groups is 1. The number of pyridine rings is 1. The van der Waals surface area contributed by atoms with Gasteiger partial charge in [-0.25, -0.2) is 9.78 Å². The van der Waals surface area contributed by atoms with Gasteiger partial charge in [0, 0.05) is 23.6 Å². The van der Waals surface area contributed by atoms with Crippen molar-refractivity contribution < 1.29 is 19.2 Å². The zero-order valence-electron chi connectivity index (χ0n) is 20.7. The maximum absolute atomic E-state index is 13.5. The molecule has 37 heavy (non-hydrogen) atoms. The topological polar surface area (TPSA) is 111 Å². The number of nitrogens with zero attached hydrogens (tertiary/aromatic N) is 2. The van der Waals surface area contributed by atoms with Gasteiger partial charge in [-0.15, -0.1) is 0 Å². The lowest BCUT2D eigenvalue weighted by Gasteiger charge is -2.23. The van der Waals surface area contributed by atoms with Crippen LogP contribution in [0, 0.1) is 10.1 Å². The third-order valence-corrected chi connectivity index (χ3v) is 7.15. The number of hydrogen-bond donors (Lipinski definition) is 1. The zero-order chi connectivity index (χ0) is 25.9. The maximum atomic E-state index is 13.5. The third-order valence-electron chi connectivity index (χ3n) is 7.15. The summed E-state index contributed by atoms with van der Waals surface area (Å²) in [6.45, 7) is 1.60. The van der Waals surface area contributed by atoms with E-state index in [0.717, 1.165) is 49.7 Å². The van der Waals surface area contributed by atoms with Gasteiger partial charge in [-0.2, -0.15) is 0 Å². The van der Waals surface area contributed by atoms with Gasteiger partial charge in [-0.3, -0.25) is 14.9 Å². The summed E-state index contributed by atoms with van der Waals surface area (Å²) in [5, 5.41) is 14.9. The van der Waals surface area contributed by atoms with E-state index < -0.39 is 17.0 Å². The molecule has 1 fully saturated rings. The summed E-state index contributed by atoms with van der Waals surface area (Å²) < 4.78 is 5.71. The number of para-hydroxylation sites is 1. The van der Waals surface area contributed by atoms with E-state index in [0.29, 0.717) is 34.1 Å². The lowest BCUT2D eigenvalue weighted by atomic mass is 9.86. The van der Waals surface area contributed by atoms with Crippen molar-refractivity contribution in [2.24, 2.45) is 0 Å². The van der Waals surface area contributed by atoms with E-state index in [2.05, 4.69) is 5.32 Å². The van der Waals surface area contributed by atoms with Gasteiger partial charge in [0.15, 0.2) is 6.10 Å². The van der Waals surface area contributed by atoms with E-state index in [1.807, 2.05) is 36.4 Å². The second-order valence-corrected chi connectivity index (χ2v) is 9.74. The van der Waals surface area contributed by atoms with Crippen molar-refractivity contribution in [1.82, 2.24) is 10.3 Å². The molecule has 1 N–H and O–H groups in total. The number of benzene rings is 2. The van der Waals surface area contributed by atoms with Crippen LogP contribution in [0.2, 0.25) is 0 Å². The Labute approximate surface area is 214 Å². The fourth-order valence-electron chi connectivity index (χ4n) is 5.30. The molecule has 8 heteroatoms. The molecular formula is C29H29N3O5. The van der Waals surface area contributed by atoms with Crippen molar-refractivity contribution >= 4 is 40.1 Å². The first-order valence-electron chi connectivity index (χ1n) is 12.8. The second-order valence-electron chi connectivity index (χ2n) is 9.74. The Morgan fingerprint density at radius 1 is 1.11 bits per heavy atom. The molecule has 2 aromatic carbocycles. The highest BCUT2D eigenvalue weighted by Crippen LogP contribution is 2.37. The van der Waals surface area contributed by atoms with Gasteiger partial charge >= 0.3 is 5.97 Å². The molecule has 0 bridgehead atoms. The minimum Gasteiger partial charge on any atom is -0.449 e. The Kier molecular flexibility index (Phi) is 6.99. The van der Waals surface area contributed by atoms with Crippen LogP contribution in [0.25, 0.3) is 22.6 Å². The molecule has 1 aromatic heterocycles. The number of nitro benzene ring substituents is 1. The molecule has 1 heterocycles. The SMILES string of the molecule is CC(OC(=O)c1c2c(nc3ccccc13)C(=Cc1cccc([N+](=O)[O-])c1)CCC2)C(=O)NC1CCCC1. The molecule has 5 rings (SSSR count). The van der Waals surface area contributed by atoms with Crippen molar-refractivity contribution in [2.45, 2.75) is 64.0 Å².